The summed E-state index contributed by atoms with van der Waals surface area (Å²) in [6.07, 6.45) is 0. The molecule has 0 aliphatic carbocycles. The van der Waals surface area contributed by atoms with Crippen LogP contribution in [-0.4, -0.2) is 4.98 Å². The number of aromatic nitrogens is 1. The monoisotopic (exact) mass is 253 g/mol. The SMILES string of the molecule is Cc1c(N)cc(-c2nc3cccc(C)c3o2)cc1N. The van der Waals surface area contributed by atoms with Crippen LogP contribution in [0.4, 0.5) is 11.4 Å². The van der Waals surface area contributed by atoms with Crippen LogP contribution in [0.25, 0.3) is 22.6 Å². The lowest BCUT2D eigenvalue weighted by Gasteiger charge is -2.05. The van der Waals surface area contributed by atoms with Gasteiger partial charge >= 0.3 is 0 Å². The summed E-state index contributed by atoms with van der Waals surface area (Å²) >= 11 is 0. The molecule has 1 aromatic heterocycles. The highest BCUT2D eigenvalue weighted by atomic mass is 16.3. The number of nitrogen functional groups attached to an aromatic ring is 2. The summed E-state index contributed by atoms with van der Waals surface area (Å²) in [4.78, 5) is 4.48. The number of para-hydroxylation sites is 1. The molecule has 0 radical (unpaired) electrons. The predicted octanol–water partition coefficient (Wildman–Crippen LogP) is 3.28. The van der Waals surface area contributed by atoms with Gasteiger partial charge in [0.1, 0.15) is 5.52 Å². The third kappa shape index (κ3) is 1.81. The van der Waals surface area contributed by atoms with Crippen molar-refractivity contribution in [3.8, 4) is 11.5 Å². The minimum absolute atomic E-state index is 0.544. The van der Waals surface area contributed by atoms with Crippen LogP contribution in [-0.2, 0) is 0 Å². The van der Waals surface area contributed by atoms with Crippen LogP contribution >= 0.6 is 0 Å². The Balaban J connectivity index is 2.22. The molecule has 96 valence electrons. The van der Waals surface area contributed by atoms with Gasteiger partial charge < -0.3 is 15.9 Å². The number of anilines is 2. The second-order valence-electron chi connectivity index (χ2n) is 4.72. The summed E-state index contributed by atoms with van der Waals surface area (Å²) < 4.78 is 5.81. The van der Waals surface area contributed by atoms with E-state index in [0.717, 1.165) is 27.8 Å². The van der Waals surface area contributed by atoms with E-state index in [4.69, 9.17) is 15.9 Å². The van der Waals surface area contributed by atoms with Gasteiger partial charge in [-0.1, -0.05) is 12.1 Å². The molecule has 2 aromatic carbocycles. The maximum absolute atomic E-state index is 5.93. The van der Waals surface area contributed by atoms with Crippen LogP contribution in [0, 0.1) is 13.8 Å². The Bertz CT molecular complexity index is 751. The molecule has 0 bridgehead atoms. The molecule has 3 aromatic rings. The number of hydrogen-bond acceptors (Lipinski definition) is 4. The van der Waals surface area contributed by atoms with Gasteiger partial charge in [-0.15, -0.1) is 0 Å². The van der Waals surface area contributed by atoms with Crippen molar-refractivity contribution in [2.24, 2.45) is 0 Å². The van der Waals surface area contributed by atoms with Gasteiger partial charge in [-0.3, -0.25) is 0 Å². The number of oxazole rings is 1. The second-order valence-corrected chi connectivity index (χ2v) is 4.72. The summed E-state index contributed by atoms with van der Waals surface area (Å²) in [5, 5.41) is 0. The fourth-order valence-corrected chi connectivity index (χ4v) is 2.09. The molecule has 19 heavy (non-hydrogen) atoms. The second kappa shape index (κ2) is 4.02. The molecule has 0 saturated heterocycles. The topological polar surface area (TPSA) is 78.1 Å². The van der Waals surface area contributed by atoms with Crippen LogP contribution in [0.5, 0.6) is 0 Å². The zero-order chi connectivity index (χ0) is 13.6. The highest BCUT2D eigenvalue weighted by molar-refractivity contribution is 5.80. The van der Waals surface area contributed by atoms with Gasteiger partial charge in [0.05, 0.1) is 0 Å². The van der Waals surface area contributed by atoms with E-state index in [2.05, 4.69) is 4.98 Å². The molecule has 0 atom stereocenters. The third-order valence-electron chi connectivity index (χ3n) is 3.35. The Labute approximate surface area is 111 Å². The first-order valence-corrected chi connectivity index (χ1v) is 6.08. The quantitative estimate of drug-likeness (QED) is 0.652. The van der Waals surface area contributed by atoms with E-state index in [1.807, 2.05) is 44.2 Å². The Kier molecular flexibility index (Phi) is 2.45. The van der Waals surface area contributed by atoms with Gasteiger partial charge in [-0.25, -0.2) is 4.98 Å². The lowest BCUT2D eigenvalue weighted by atomic mass is 10.1. The number of rotatable bonds is 1. The molecule has 3 rings (SSSR count). The Morgan fingerprint density at radius 1 is 1.05 bits per heavy atom. The first-order chi connectivity index (χ1) is 9.06. The van der Waals surface area contributed by atoms with Crippen LogP contribution in [0.1, 0.15) is 11.1 Å². The standard InChI is InChI=1S/C15H15N3O/c1-8-4-3-5-13-14(8)19-15(18-13)10-6-11(16)9(2)12(17)7-10/h3-7H,16-17H2,1-2H3. The average molecular weight is 253 g/mol. The number of nitrogens with two attached hydrogens (primary N) is 2. The third-order valence-corrected chi connectivity index (χ3v) is 3.35. The minimum atomic E-state index is 0.544. The number of fused-ring (bicyclic) bond motifs is 1. The van der Waals surface area contributed by atoms with Gasteiger partial charge in [-0.05, 0) is 43.2 Å². The first-order valence-electron chi connectivity index (χ1n) is 6.08. The number of aryl methyl sites for hydroxylation is 1. The molecule has 0 fully saturated rings. The summed E-state index contributed by atoms with van der Waals surface area (Å²) in [5.41, 5.74) is 17.5. The molecule has 0 amide bonds. The molecule has 4 nitrogen and oxygen atoms in total. The highest BCUT2D eigenvalue weighted by Crippen LogP contribution is 2.30. The zero-order valence-electron chi connectivity index (χ0n) is 10.9. The molecule has 0 aliphatic heterocycles. The van der Waals surface area contributed by atoms with Crippen LogP contribution in [0.3, 0.4) is 0 Å². The van der Waals surface area contributed by atoms with Crippen LogP contribution < -0.4 is 11.5 Å². The van der Waals surface area contributed by atoms with Crippen molar-refractivity contribution in [3.63, 3.8) is 0 Å². The van der Waals surface area contributed by atoms with E-state index in [1.54, 1.807) is 0 Å². The van der Waals surface area contributed by atoms with E-state index in [0.29, 0.717) is 17.3 Å². The first kappa shape index (κ1) is 11.6. The van der Waals surface area contributed by atoms with Gasteiger partial charge in [0, 0.05) is 16.9 Å². The van der Waals surface area contributed by atoms with Crippen molar-refractivity contribution in [2.75, 3.05) is 11.5 Å². The Morgan fingerprint density at radius 2 is 1.74 bits per heavy atom. The molecular formula is C15H15N3O. The number of nitrogens with zero attached hydrogens (tertiary/aromatic N) is 1. The molecule has 1 heterocycles. The van der Waals surface area contributed by atoms with E-state index >= 15 is 0 Å². The van der Waals surface area contributed by atoms with Gasteiger partial charge in [0.25, 0.3) is 0 Å². The number of benzene rings is 2. The molecule has 0 saturated carbocycles. The normalized spacial score (nSPS) is 11.1. The van der Waals surface area contributed by atoms with Crippen molar-refractivity contribution in [3.05, 3.63) is 41.5 Å². The Hall–Kier alpha value is -2.49. The van der Waals surface area contributed by atoms with Crippen molar-refractivity contribution >= 4 is 22.5 Å². The van der Waals surface area contributed by atoms with E-state index in [9.17, 15) is 0 Å². The van der Waals surface area contributed by atoms with Crippen LogP contribution in [0.2, 0.25) is 0 Å². The van der Waals surface area contributed by atoms with Gasteiger partial charge in [0.15, 0.2) is 5.58 Å². The Morgan fingerprint density at radius 3 is 2.37 bits per heavy atom. The zero-order valence-corrected chi connectivity index (χ0v) is 10.9. The summed E-state index contributed by atoms with van der Waals surface area (Å²) in [7, 11) is 0. The molecule has 4 N–H and O–H groups in total. The fraction of sp³-hybridized carbons (Fsp3) is 0.133. The van der Waals surface area contributed by atoms with Crippen molar-refractivity contribution < 1.29 is 4.42 Å². The summed E-state index contributed by atoms with van der Waals surface area (Å²) in [5.74, 6) is 0.544. The summed E-state index contributed by atoms with van der Waals surface area (Å²) in [6.45, 7) is 3.89. The van der Waals surface area contributed by atoms with Gasteiger partial charge in [0.2, 0.25) is 5.89 Å². The van der Waals surface area contributed by atoms with Crippen molar-refractivity contribution in [2.45, 2.75) is 13.8 Å². The van der Waals surface area contributed by atoms with E-state index in [1.165, 1.54) is 0 Å². The largest absolute Gasteiger partial charge is 0.436 e. The molecule has 0 spiro atoms. The fourth-order valence-electron chi connectivity index (χ4n) is 2.09. The lowest BCUT2D eigenvalue weighted by Crippen LogP contribution is -1.96. The minimum Gasteiger partial charge on any atom is -0.436 e. The van der Waals surface area contributed by atoms with Crippen LogP contribution in [0.15, 0.2) is 34.7 Å². The number of hydrogen-bond donors (Lipinski definition) is 2. The maximum Gasteiger partial charge on any atom is 0.227 e. The summed E-state index contributed by atoms with van der Waals surface area (Å²) in [6, 6.07) is 9.56. The smallest absolute Gasteiger partial charge is 0.227 e. The highest BCUT2D eigenvalue weighted by Gasteiger charge is 2.12. The molecular weight excluding hydrogens is 238 g/mol. The maximum atomic E-state index is 5.93. The van der Waals surface area contributed by atoms with E-state index < -0.39 is 0 Å². The average Bonchev–Trinajstić information content (AvgIpc) is 2.81. The molecule has 4 heteroatoms. The van der Waals surface area contributed by atoms with Gasteiger partial charge in [-0.2, -0.15) is 0 Å². The van der Waals surface area contributed by atoms with E-state index in [-0.39, 0.29) is 0 Å². The molecule has 0 unspecified atom stereocenters. The van der Waals surface area contributed by atoms with Crippen molar-refractivity contribution in [1.29, 1.82) is 0 Å². The van der Waals surface area contributed by atoms with Crippen molar-refractivity contribution in [1.82, 2.24) is 4.98 Å². The molecule has 0 aliphatic rings. The lowest BCUT2D eigenvalue weighted by molar-refractivity contribution is 0.617. The predicted molar refractivity (Wildman–Crippen MR) is 77.7 cm³/mol.